The van der Waals surface area contributed by atoms with E-state index >= 15 is 0 Å². The van der Waals surface area contributed by atoms with E-state index in [1.807, 2.05) is 54.6 Å². The van der Waals surface area contributed by atoms with Crippen LogP contribution < -0.4 is 9.62 Å². The summed E-state index contributed by atoms with van der Waals surface area (Å²) in [5, 5.41) is 2.82. The molecular weight excluding hydrogens is 408 g/mol. The van der Waals surface area contributed by atoms with E-state index < -0.39 is 10.0 Å². The van der Waals surface area contributed by atoms with Crippen molar-refractivity contribution in [3.05, 3.63) is 77.9 Å². The van der Waals surface area contributed by atoms with E-state index in [1.54, 1.807) is 12.1 Å². The molecule has 1 amide bonds. The molecule has 31 heavy (non-hydrogen) atoms. The molecule has 3 aromatic rings. The Morgan fingerprint density at radius 3 is 2.35 bits per heavy atom. The van der Waals surface area contributed by atoms with Crippen molar-refractivity contribution in [2.24, 2.45) is 0 Å². The van der Waals surface area contributed by atoms with Gasteiger partial charge in [-0.1, -0.05) is 57.2 Å². The summed E-state index contributed by atoms with van der Waals surface area (Å²) < 4.78 is 28.0. The van der Waals surface area contributed by atoms with Gasteiger partial charge >= 0.3 is 0 Å². The lowest BCUT2D eigenvalue weighted by Gasteiger charge is -2.32. The van der Waals surface area contributed by atoms with Crippen LogP contribution in [0.3, 0.4) is 0 Å². The Kier molecular flexibility index (Phi) is 5.58. The van der Waals surface area contributed by atoms with Gasteiger partial charge < -0.3 is 5.32 Å². The molecule has 3 aromatic carbocycles. The molecule has 6 heteroatoms. The summed E-state index contributed by atoms with van der Waals surface area (Å²) in [5.74, 6) is -0.0788. The van der Waals surface area contributed by atoms with Crippen LogP contribution in [0.4, 0.5) is 11.4 Å². The maximum absolute atomic E-state index is 13.4. The van der Waals surface area contributed by atoms with Gasteiger partial charge in [-0.2, -0.15) is 0 Å². The van der Waals surface area contributed by atoms with Crippen molar-refractivity contribution in [1.29, 1.82) is 0 Å². The Bertz CT molecular complexity index is 1230. The number of amides is 1. The minimum Gasteiger partial charge on any atom is -0.325 e. The fourth-order valence-electron chi connectivity index (χ4n) is 3.83. The normalized spacial score (nSPS) is 14.1. The van der Waals surface area contributed by atoms with Gasteiger partial charge in [-0.05, 0) is 53.8 Å². The Hall–Kier alpha value is -3.12. The van der Waals surface area contributed by atoms with Crippen molar-refractivity contribution < 1.29 is 13.2 Å². The number of nitrogens with zero attached hydrogens (tertiary/aromatic N) is 1. The SMILES string of the molecule is CCc1ccc(NC(=O)CN2c3ccc(C(C)C)cc3-c3ccccc3S2(=O)=O)cc1. The van der Waals surface area contributed by atoms with Gasteiger partial charge in [0.2, 0.25) is 5.91 Å². The number of hydrogen-bond acceptors (Lipinski definition) is 3. The van der Waals surface area contributed by atoms with Crippen molar-refractivity contribution in [3.8, 4) is 11.1 Å². The number of hydrogen-bond donors (Lipinski definition) is 1. The zero-order valence-corrected chi connectivity index (χ0v) is 18.7. The molecule has 1 heterocycles. The molecule has 1 N–H and O–H groups in total. The molecule has 160 valence electrons. The highest BCUT2D eigenvalue weighted by atomic mass is 32.2. The Morgan fingerprint density at radius 2 is 1.68 bits per heavy atom. The highest BCUT2D eigenvalue weighted by molar-refractivity contribution is 7.93. The van der Waals surface area contributed by atoms with Gasteiger partial charge in [0.1, 0.15) is 6.54 Å². The quantitative estimate of drug-likeness (QED) is 0.601. The van der Waals surface area contributed by atoms with E-state index in [-0.39, 0.29) is 17.3 Å². The number of anilines is 2. The maximum atomic E-state index is 13.4. The lowest BCUT2D eigenvalue weighted by molar-refractivity contribution is -0.114. The zero-order chi connectivity index (χ0) is 22.2. The molecule has 1 aliphatic heterocycles. The largest absolute Gasteiger partial charge is 0.325 e. The van der Waals surface area contributed by atoms with Crippen LogP contribution >= 0.6 is 0 Å². The fraction of sp³-hybridized carbons (Fsp3) is 0.240. The Labute approximate surface area is 183 Å². The van der Waals surface area contributed by atoms with Gasteiger partial charge in [-0.25, -0.2) is 8.42 Å². The first kappa shape index (κ1) is 21.1. The van der Waals surface area contributed by atoms with E-state index in [1.165, 1.54) is 9.87 Å². The number of carbonyl (C=O) groups is 1. The van der Waals surface area contributed by atoms with E-state index in [2.05, 4.69) is 26.1 Å². The fourth-order valence-corrected chi connectivity index (χ4v) is 5.48. The molecule has 1 aliphatic rings. The van der Waals surface area contributed by atoms with Gasteiger partial charge in [-0.15, -0.1) is 0 Å². The van der Waals surface area contributed by atoms with Crippen molar-refractivity contribution in [2.75, 3.05) is 16.2 Å². The van der Waals surface area contributed by atoms with Gasteiger partial charge in [0.15, 0.2) is 0 Å². The third-order valence-corrected chi connectivity index (χ3v) is 7.45. The van der Waals surface area contributed by atoms with Crippen molar-refractivity contribution in [1.82, 2.24) is 0 Å². The molecule has 0 atom stereocenters. The molecule has 5 nitrogen and oxygen atoms in total. The second-order valence-corrected chi connectivity index (χ2v) is 9.87. The third-order valence-electron chi connectivity index (χ3n) is 5.63. The highest BCUT2D eigenvalue weighted by Gasteiger charge is 2.36. The Morgan fingerprint density at radius 1 is 0.968 bits per heavy atom. The first-order valence-electron chi connectivity index (χ1n) is 10.5. The molecule has 0 fully saturated rings. The topological polar surface area (TPSA) is 66.5 Å². The number of aryl methyl sites for hydroxylation is 1. The van der Waals surface area contributed by atoms with Crippen molar-refractivity contribution in [2.45, 2.75) is 38.0 Å². The molecule has 0 aliphatic carbocycles. The monoisotopic (exact) mass is 434 g/mol. The first-order chi connectivity index (χ1) is 14.8. The van der Waals surface area contributed by atoms with Crippen LogP contribution in [0, 0.1) is 0 Å². The third kappa shape index (κ3) is 3.95. The van der Waals surface area contributed by atoms with Crippen LogP contribution in [0.1, 0.15) is 37.8 Å². The number of benzene rings is 3. The van der Waals surface area contributed by atoms with Crippen LogP contribution in [0.25, 0.3) is 11.1 Å². The molecule has 0 saturated carbocycles. The summed E-state index contributed by atoms with van der Waals surface area (Å²) in [7, 11) is -3.85. The first-order valence-corrected chi connectivity index (χ1v) is 11.9. The average molecular weight is 435 g/mol. The van der Waals surface area contributed by atoms with Crippen LogP contribution in [0.5, 0.6) is 0 Å². The molecule has 0 aromatic heterocycles. The molecule has 0 bridgehead atoms. The maximum Gasteiger partial charge on any atom is 0.265 e. The highest BCUT2D eigenvalue weighted by Crippen LogP contribution is 2.43. The minimum absolute atomic E-state index is 0.225. The molecule has 0 radical (unpaired) electrons. The minimum atomic E-state index is -3.85. The van der Waals surface area contributed by atoms with Crippen molar-refractivity contribution >= 4 is 27.3 Å². The van der Waals surface area contributed by atoms with Crippen molar-refractivity contribution in [3.63, 3.8) is 0 Å². The molecule has 0 unspecified atom stereocenters. The second kappa shape index (κ2) is 8.19. The number of fused-ring (bicyclic) bond motifs is 3. The number of carbonyl (C=O) groups excluding carboxylic acids is 1. The summed E-state index contributed by atoms with van der Waals surface area (Å²) in [6.07, 6.45) is 0.912. The van der Waals surface area contributed by atoms with E-state index in [4.69, 9.17) is 0 Å². The summed E-state index contributed by atoms with van der Waals surface area (Å²) in [6.45, 7) is 5.97. The summed E-state index contributed by atoms with van der Waals surface area (Å²) >= 11 is 0. The summed E-state index contributed by atoms with van der Waals surface area (Å²) in [6, 6.07) is 20.3. The zero-order valence-electron chi connectivity index (χ0n) is 17.9. The standard InChI is InChI=1S/C25H26N2O3S/c1-4-18-9-12-20(13-10-18)26-25(28)16-27-23-14-11-19(17(2)3)15-22(23)21-7-5-6-8-24(21)31(27,29)30/h5-15,17H,4,16H2,1-3H3,(H,26,28). The van der Waals surface area contributed by atoms with Crippen LogP contribution in [-0.2, 0) is 21.2 Å². The second-order valence-electron chi connectivity index (χ2n) is 8.04. The average Bonchev–Trinajstić information content (AvgIpc) is 2.77. The smallest absolute Gasteiger partial charge is 0.265 e. The van der Waals surface area contributed by atoms with Gasteiger partial charge in [0, 0.05) is 16.8 Å². The predicted octanol–water partition coefficient (Wildman–Crippen LogP) is 5.19. The van der Waals surface area contributed by atoms with Gasteiger partial charge in [0.25, 0.3) is 10.0 Å². The van der Waals surface area contributed by atoms with Gasteiger partial charge in [-0.3, -0.25) is 9.10 Å². The molecule has 0 saturated heterocycles. The van der Waals surface area contributed by atoms with E-state index in [0.717, 1.165) is 17.5 Å². The lowest BCUT2D eigenvalue weighted by atomic mass is 9.95. The van der Waals surface area contributed by atoms with Crippen LogP contribution in [-0.4, -0.2) is 20.9 Å². The molecule has 4 rings (SSSR count). The Balaban J connectivity index is 1.71. The number of rotatable bonds is 5. The summed E-state index contributed by atoms with van der Waals surface area (Å²) in [4.78, 5) is 13.0. The summed E-state index contributed by atoms with van der Waals surface area (Å²) in [5.41, 5.74) is 4.96. The predicted molar refractivity (Wildman–Crippen MR) is 125 cm³/mol. The molecule has 0 spiro atoms. The van der Waals surface area contributed by atoms with Gasteiger partial charge in [0.05, 0.1) is 10.6 Å². The van der Waals surface area contributed by atoms with E-state index in [0.29, 0.717) is 22.9 Å². The van der Waals surface area contributed by atoms with E-state index in [9.17, 15) is 13.2 Å². The van der Waals surface area contributed by atoms with Crippen LogP contribution in [0.2, 0.25) is 0 Å². The molecular formula is C25H26N2O3S. The number of nitrogens with one attached hydrogen (secondary N) is 1. The number of sulfonamides is 1. The lowest BCUT2D eigenvalue weighted by Crippen LogP contribution is -2.40. The van der Waals surface area contributed by atoms with Crippen LogP contribution in [0.15, 0.2) is 71.6 Å².